The second-order valence-electron chi connectivity index (χ2n) is 7.61. The summed E-state index contributed by atoms with van der Waals surface area (Å²) in [4.78, 5) is 26.2. The van der Waals surface area contributed by atoms with E-state index in [0.717, 1.165) is 5.56 Å². The van der Waals surface area contributed by atoms with Gasteiger partial charge in [0.2, 0.25) is 0 Å². The molecule has 0 radical (unpaired) electrons. The zero-order chi connectivity index (χ0) is 22.8. The first-order valence-corrected chi connectivity index (χ1v) is 10.8. The molecule has 2 aromatic carbocycles. The standard InChI is InChI=1S/C25H24ClNO5/c1-4-31-24(28)21-14(2)27-19-13-20(15-8-7-9-16(12-15)30-3)32-25(29)23(19)22(21)17-10-5-6-11-18(17)26/h5-12,20,22,27H,4,13H2,1-3H3. The number of methoxy groups -OCH3 is 1. The van der Waals surface area contributed by atoms with Crippen molar-refractivity contribution in [3.8, 4) is 5.75 Å². The summed E-state index contributed by atoms with van der Waals surface area (Å²) >= 11 is 6.51. The number of carbonyl (C=O) groups excluding carboxylic acids is 2. The molecule has 2 aliphatic heterocycles. The van der Waals surface area contributed by atoms with E-state index in [9.17, 15) is 9.59 Å². The van der Waals surface area contributed by atoms with Crippen molar-refractivity contribution in [1.82, 2.24) is 5.32 Å². The summed E-state index contributed by atoms with van der Waals surface area (Å²) in [5.41, 5.74) is 3.57. The Morgan fingerprint density at radius 2 is 2.00 bits per heavy atom. The van der Waals surface area contributed by atoms with Gasteiger partial charge in [0.25, 0.3) is 0 Å². The molecule has 166 valence electrons. The van der Waals surface area contributed by atoms with Gasteiger partial charge in [0, 0.05) is 22.8 Å². The molecule has 0 aliphatic carbocycles. The number of nitrogens with one attached hydrogen (secondary N) is 1. The molecule has 2 atom stereocenters. The molecule has 1 N–H and O–H groups in total. The Morgan fingerprint density at radius 1 is 1.22 bits per heavy atom. The maximum absolute atomic E-state index is 13.3. The highest BCUT2D eigenvalue weighted by atomic mass is 35.5. The Labute approximate surface area is 191 Å². The van der Waals surface area contributed by atoms with Crippen LogP contribution in [0.3, 0.4) is 0 Å². The molecule has 6 nitrogen and oxygen atoms in total. The molecule has 0 saturated heterocycles. The van der Waals surface area contributed by atoms with E-state index in [1.54, 1.807) is 33.1 Å². The average Bonchev–Trinajstić information content (AvgIpc) is 2.78. The molecule has 0 bridgehead atoms. The van der Waals surface area contributed by atoms with Crippen LogP contribution in [0.15, 0.2) is 71.1 Å². The molecular formula is C25H24ClNO5. The SMILES string of the molecule is CCOC(=O)C1=C(C)NC2=C(C(=O)OC(c3cccc(OC)c3)C2)C1c1ccccc1Cl. The molecule has 32 heavy (non-hydrogen) atoms. The minimum atomic E-state index is -0.683. The van der Waals surface area contributed by atoms with Crippen LogP contribution in [0.2, 0.25) is 5.02 Å². The van der Waals surface area contributed by atoms with Crippen molar-refractivity contribution < 1.29 is 23.8 Å². The summed E-state index contributed by atoms with van der Waals surface area (Å²) in [5.74, 6) is -0.982. The molecule has 0 saturated carbocycles. The van der Waals surface area contributed by atoms with Crippen LogP contribution < -0.4 is 10.1 Å². The van der Waals surface area contributed by atoms with Crippen LogP contribution in [0.25, 0.3) is 0 Å². The number of ether oxygens (including phenoxy) is 3. The van der Waals surface area contributed by atoms with E-state index >= 15 is 0 Å². The lowest BCUT2D eigenvalue weighted by Crippen LogP contribution is -2.37. The molecule has 0 spiro atoms. The molecule has 0 fully saturated rings. The van der Waals surface area contributed by atoms with Gasteiger partial charge >= 0.3 is 11.9 Å². The highest BCUT2D eigenvalue weighted by Crippen LogP contribution is 2.46. The average molecular weight is 454 g/mol. The maximum Gasteiger partial charge on any atom is 0.337 e. The van der Waals surface area contributed by atoms with Crippen LogP contribution in [0.4, 0.5) is 0 Å². The third-order valence-electron chi connectivity index (χ3n) is 5.68. The fourth-order valence-electron chi connectivity index (χ4n) is 4.25. The summed E-state index contributed by atoms with van der Waals surface area (Å²) in [5, 5.41) is 3.73. The lowest BCUT2D eigenvalue weighted by molar-refractivity contribution is -0.146. The van der Waals surface area contributed by atoms with E-state index in [1.807, 2.05) is 36.4 Å². The van der Waals surface area contributed by atoms with Gasteiger partial charge in [-0.2, -0.15) is 0 Å². The Balaban J connectivity index is 1.80. The van der Waals surface area contributed by atoms with Crippen LogP contribution >= 0.6 is 11.6 Å². The van der Waals surface area contributed by atoms with Gasteiger partial charge in [-0.15, -0.1) is 0 Å². The zero-order valence-electron chi connectivity index (χ0n) is 18.1. The molecule has 2 unspecified atom stereocenters. The van der Waals surface area contributed by atoms with Crippen molar-refractivity contribution >= 4 is 23.5 Å². The topological polar surface area (TPSA) is 73.9 Å². The first-order chi connectivity index (χ1) is 15.4. The number of allylic oxidation sites excluding steroid dienone is 1. The minimum Gasteiger partial charge on any atom is -0.497 e. The minimum absolute atomic E-state index is 0.221. The van der Waals surface area contributed by atoms with Gasteiger partial charge < -0.3 is 19.5 Å². The van der Waals surface area contributed by atoms with Gasteiger partial charge in [-0.05, 0) is 43.2 Å². The van der Waals surface area contributed by atoms with Crippen LogP contribution in [0.1, 0.15) is 43.4 Å². The van der Waals surface area contributed by atoms with Crippen molar-refractivity contribution in [3.05, 3.63) is 87.2 Å². The number of cyclic esters (lactones) is 1. The lowest BCUT2D eigenvalue weighted by atomic mass is 9.78. The van der Waals surface area contributed by atoms with Gasteiger partial charge in [-0.1, -0.05) is 41.9 Å². The summed E-state index contributed by atoms with van der Waals surface area (Å²) < 4.78 is 16.5. The van der Waals surface area contributed by atoms with Crippen molar-refractivity contribution in [3.63, 3.8) is 0 Å². The number of esters is 2. The third kappa shape index (κ3) is 3.98. The summed E-state index contributed by atoms with van der Waals surface area (Å²) in [6.07, 6.45) is -0.0458. The number of benzene rings is 2. The Morgan fingerprint density at radius 3 is 2.72 bits per heavy atom. The number of hydrogen-bond donors (Lipinski definition) is 1. The Bertz CT molecular complexity index is 1140. The monoisotopic (exact) mass is 453 g/mol. The van der Waals surface area contributed by atoms with Gasteiger partial charge in [-0.25, -0.2) is 9.59 Å². The molecule has 2 heterocycles. The van der Waals surface area contributed by atoms with Crippen LogP contribution in [-0.2, 0) is 19.1 Å². The first kappa shape index (κ1) is 22.0. The molecule has 7 heteroatoms. The molecule has 0 amide bonds. The number of carbonyl (C=O) groups is 2. The zero-order valence-corrected chi connectivity index (χ0v) is 18.9. The van der Waals surface area contributed by atoms with E-state index in [0.29, 0.717) is 45.3 Å². The molecule has 0 aromatic heterocycles. The smallest absolute Gasteiger partial charge is 0.337 e. The van der Waals surface area contributed by atoms with E-state index in [-0.39, 0.29) is 6.61 Å². The van der Waals surface area contributed by atoms with Crippen LogP contribution in [0, 0.1) is 0 Å². The summed E-state index contributed by atoms with van der Waals surface area (Å²) in [6, 6.07) is 14.6. The van der Waals surface area contributed by atoms with Gasteiger partial charge in [-0.3, -0.25) is 0 Å². The molecule has 2 aliphatic rings. The quantitative estimate of drug-likeness (QED) is 0.654. The summed E-state index contributed by atoms with van der Waals surface area (Å²) in [6.45, 7) is 3.77. The Kier molecular flexibility index (Phi) is 6.24. The predicted octanol–water partition coefficient (Wildman–Crippen LogP) is 4.81. The second-order valence-corrected chi connectivity index (χ2v) is 8.01. The third-order valence-corrected chi connectivity index (χ3v) is 6.02. The molecule has 4 rings (SSSR count). The maximum atomic E-state index is 13.3. The second kappa shape index (κ2) is 9.09. The van der Waals surface area contributed by atoms with Crippen molar-refractivity contribution in [2.75, 3.05) is 13.7 Å². The van der Waals surface area contributed by atoms with Gasteiger partial charge in [0.05, 0.1) is 30.8 Å². The van der Waals surface area contributed by atoms with E-state index < -0.39 is 24.0 Å². The van der Waals surface area contributed by atoms with Crippen molar-refractivity contribution in [2.24, 2.45) is 0 Å². The van der Waals surface area contributed by atoms with Gasteiger partial charge in [0.15, 0.2) is 0 Å². The van der Waals surface area contributed by atoms with Gasteiger partial charge in [0.1, 0.15) is 11.9 Å². The lowest BCUT2D eigenvalue weighted by Gasteiger charge is -2.36. The fraction of sp³-hybridized carbons (Fsp3) is 0.280. The molecular weight excluding hydrogens is 430 g/mol. The highest BCUT2D eigenvalue weighted by Gasteiger charge is 2.43. The number of hydrogen-bond acceptors (Lipinski definition) is 6. The fourth-order valence-corrected chi connectivity index (χ4v) is 4.49. The normalized spacial score (nSPS) is 20.3. The summed E-state index contributed by atoms with van der Waals surface area (Å²) in [7, 11) is 1.59. The first-order valence-electron chi connectivity index (χ1n) is 10.4. The van der Waals surface area contributed by atoms with E-state index in [4.69, 9.17) is 25.8 Å². The Hall–Kier alpha value is -3.25. The molecule has 2 aromatic rings. The number of halogens is 1. The number of rotatable bonds is 5. The van der Waals surface area contributed by atoms with Crippen molar-refractivity contribution in [1.29, 1.82) is 0 Å². The highest BCUT2D eigenvalue weighted by molar-refractivity contribution is 6.31. The number of dihydropyridines is 1. The van der Waals surface area contributed by atoms with Crippen LogP contribution in [-0.4, -0.2) is 25.7 Å². The van der Waals surface area contributed by atoms with E-state index in [1.165, 1.54) is 0 Å². The van der Waals surface area contributed by atoms with Crippen LogP contribution in [0.5, 0.6) is 5.75 Å². The van der Waals surface area contributed by atoms with E-state index in [2.05, 4.69) is 5.32 Å². The van der Waals surface area contributed by atoms with Crippen molar-refractivity contribution in [2.45, 2.75) is 32.3 Å². The predicted molar refractivity (Wildman–Crippen MR) is 120 cm³/mol. The largest absolute Gasteiger partial charge is 0.497 e.